The number of benzene rings is 2. The van der Waals surface area contributed by atoms with Crippen LogP contribution in [-0.4, -0.2) is 48.3 Å². The Bertz CT molecular complexity index is 925. The smallest absolute Gasteiger partial charge is 0.258 e. The van der Waals surface area contributed by atoms with Gasteiger partial charge in [0.2, 0.25) is 0 Å². The van der Waals surface area contributed by atoms with Crippen molar-refractivity contribution in [3.8, 4) is 5.75 Å². The first kappa shape index (κ1) is 22.7. The van der Waals surface area contributed by atoms with Crippen molar-refractivity contribution in [1.29, 1.82) is 0 Å². The predicted molar refractivity (Wildman–Crippen MR) is 128 cm³/mol. The largest absolute Gasteiger partial charge is 0.496 e. The van der Waals surface area contributed by atoms with E-state index >= 15 is 0 Å². The van der Waals surface area contributed by atoms with Gasteiger partial charge in [0.1, 0.15) is 5.75 Å². The third-order valence-electron chi connectivity index (χ3n) is 7.53. The molecule has 2 aliphatic rings. The summed E-state index contributed by atoms with van der Waals surface area (Å²) in [6.45, 7) is 6.79. The Hall–Kier alpha value is -2.53. The number of piperidine rings is 1. The van der Waals surface area contributed by atoms with Crippen molar-refractivity contribution >= 4 is 11.6 Å². The lowest BCUT2D eigenvalue weighted by Gasteiger charge is -2.52. The minimum Gasteiger partial charge on any atom is -0.496 e. The van der Waals surface area contributed by atoms with E-state index in [2.05, 4.69) is 43.0 Å². The number of likely N-dealkylation sites (tertiary alicyclic amines) is 1. The maximum atomic E-state index is 13.8. The molecule has 32 heavy (non-hydrogen) atoms. The maximum absolute atomic E-state index is 13.8. The monoisotopic (exact) mass is 436 g/mol. The van der Waals surface area contributed by atoms with Gasteiger partial charge in [0, 0.05) is 31.2 Å². The molecule has 0 spiro atoms. The molecule has 1 aliphatic carbocycles. The van der Waals surface area contributed by atoms with E-state index in [1.165, 1.54) is 5.69 Å². The number of carbonyl (C=O) groups is 1. The summed E-state index contributed by atoms with van der Waals surface area (Å²) in [6.07, 6.45) is 4.54. The number of amides is 1. The van der Waals surface area contributed by atoms with Gasteiger partial charge in [-0.15, -0.1) is 0 Å². The second-order valence-electron chi connectivity index (χ2n) is 9.11. The molecule has 172 valence electrons. The van der Waals surface area contributed by atoms with Crippen molar-refractivity contribution in [2.45, 2.75) is 57.6 Å². The summed E-state index contributed by atoms with van der Waals surface area (Å²) >= 11 is 0. The molecular formula is C27H36N2O3. The molecule has 0 aromatic heterocycles. The van der Waals surface area contributed by atoms with Crippen LogP contribution in [0.3, 0.4) is 0 Å². The van der Waals surface area contributed by atoms with Gasteiger partial charge in [0.05, 0.1) is 24.3 Å². The highest BCUT2D eigenvalue weighted by molar-refractivity contribution is 5.97. The second kappa shape index (κ2) is 9.53. The molecule has 1 aliphatic heterocycles. The van der Waals surface area contributed by atoms with Gasteiger partial charge in [-0.05, 0) is 62.9 Å². The van der Waals surface area contributed by atoms with Gasteiger partial charge >= 0.3 is 0 Å². The van der Waals surface area contributed by atoms with Crippen molar-refractivity contribution in [2.75, 3.05) is 31.6 Å². The van der Waals surface area contributed by atoms with E-state index in [0.29, 0.717) is 24.3 Å². The molecule has 2 fully saturated rings. The number of carbonyl (C=O) groups excluding carboxylic acids is 1. The molecule has 1 saturated carbocycles. The highest BCUT2D eigenvalue weighted by Crippen LogP contribution is 2.50. The zero-order chi connectivity index (χ0) is 22.7. The van der Waals surface area contributed by atoms with Crippen LogP contribution in [0.4, 0.5) is 5.69 Å². The zero-order valence-electron chi connectivity index (χ0n) is 19.6. The van der Waals surface area contributed by atoms with E-state index < -0.39 is 5.60 Å². The van der Waals surface area contributed by atoms with Gasteiger partial charge in [-0.25, -0.2) is 0 Å². The molecule has 1 heterocycles. The average molecular weight is 437 g/mol. The van der Waals surface area contributed by atoms with Crippen molar-refractivity contribution in [3.63, 3.8) is 0 Å². The number of hydrogen-bond donors (Lipinski definition) is 1. The third-order valence-corrected chi connectivity index (χ3v) is 7.53. The number of hydrogen-bond acceptors (Lipinski definition) is 4. The topological polar surface area (TPSA) is 53.0 Å². The number of para-hydroxylation sites is 1. The van der Waals surface area contributed by atoms with Crippen LogP contribution in [-0.2, 0) is 0 Å². The minimum absolute atomic E-state index is 0.0205. The number of anilines is 1. The first-order chi connectivity index (χ1) is 15.5. The molecule has 5 heteroatoms. The van der Waals surface area contributed by atoms with Gasteiger partial charge in [-0.3, -0.25) is 4.79 Å². The Morgan fingerprint density at radius 1 is 1.09 bits per heavy atom. The van der Waals surface area contributed by atoms with Crippen molar-refractivity contribution < 1.29 is 14.6 Å². The van der Waals surface area contributed by atoms with Gasteiger partial charge < -0.3 is 19.6 Å². The Labute approximate surface area is 192 Å². The maximum Gasteiger partial charge on any atom is 0.258 e. The summed E-state index contributed by atoms with van der Waals surface area (Å²) in [5, 5.41) is 11.5. The highest BCUT2D eigenvalue weighted by atomic mass is 16.5. The molecule has 2 aromatic rings. The standard InChI is InChI=1S/C27H36N2O3/c1-4-28(5-2)21-15-13-20(14-16-21)25-23-11-8-9-17-27(23,31)18-19-29(25)26(30)22-10-6-7-12-24(22)32-3/h6-7,10,12-16,23,25,31H,4-5,8-9,11,17-19H2,1-3H3/t23-,25-,27-/m1/s1. The van der Waals surface area contributed by atoms with Crippen molar-refractivity contribution in [1.82, 2.24) is 4.90 Å². The number of fused-ring (bicyclic) bond motifs is 1. The first-order valence-electron chi connectivity index (χ1n) is 12.0. The van der Waals surface area contributed by atoms with E-state index in [4.69, 9.17) is 4.74 Å². The average Bonchev–Trinajstić information content (AvgIpc) is 2.84. The molecule has 0 radical (unpaired) electrons. The van der Waals surface area contributed by atoms with E-state index in [1.54, 1.807) is 7.11 Å². The van der Waals surface area contributed by atoms with Crippen LogP contribution in [0.1, 0.15) is 67.9 Å². The zero-order valence-corrected chi connectivity index (χ0v) is 19.6. The first-order valence-corrected chi connectivity index (χ1v) is 12.0. The fraction of sp³-hybridized carbons (Fsp3) is 0.519. The minimum atomic E-state index is -0.696. The van der Waals surface area contributed by atoms with E-state index in [-0.39, 0.29) is 17.9 Å². The number of rotatable bonds is 6. The summed E-state index contributed by atoms with van der Waals surface area (Å²) in [5.74, 6) is 0.619. The molecule has 1 N–H and O–H groups in total. The van der Waals surface area contributed by atoms with Gasteiger partial charge in [-0.2, -0.15) is 0 Å². The van der Waals surface area contributed by atoms with E-state index in [1.807, 2.05) is 29.2 Å². The molecule has 0 bridgehead atoms. The van der Waals surface area contributed by atoms with Crippen LogP contribution in [0.2, 0.25) is 0 Å². The predicted octanol–water partition coefficient (Wildman–Crippen LogP) is 5.05. The lowest BCUT2D eigenvalue weighted by atomic mass is 9.66. The Morgan fingerprint density at radius 2 is 1.81 bits per heavy atom. The Morgan fingerprint density at radius 3 is 2.50 bits per heavy atom. The van der Waals surface area contributed by atoms with Gasteiger partial charge in [0.25, 0.3) is 5.91 Å². The fourth-order valence-corrected chi connectivity index (χ4v) is 5.77. The lowest BCUT2D eigenvalue weighted by Crippen LogP contribution is -2.56. The molecule has 4 rings (SSSR count). The molecule has 2 aromatic carbocycles. The summed E-state index contributed by atoms with van der Waals surface area (Å²) < 4.78 is 5.49. The molecule has 5 nitrogen and oxygen atoms in total. The Kier molecular flexibility index (Phi) is 6.75. The number of nitrogens with zero attached hydrogens (tertiary/aromatic N) is 2. The normalized spacial score (nSPS) is 25.2. The quantitative estimate of drug-likeness (QED) is 0.688. The highest BCUT2D eigenvalue weighted by Gasteiger charge is 2.50. The summed E-state index contributed by atoms with van der Waals surface area (Å²) in [6, 6.07) is 15.9. The van der Waals surface area contributed by atoms with Crippen LogP contribution < -0.4 is 9.64 Å². The van der Waals surface area contributed by atoms with E-state index in [0.717, 1.165) is 44.3 Å². The van der Waals surface area contributed by atoms with Crippen molar-refractivity contribution in [2.24, 2.45) is 5.92 Å². The van der Waals surface area contributed by atoms with Gasteiger partial charge in [0.15, 0.2) is 0 Å². The summed E-state index contributed by atoms with van der Waals surface area (Å²) in [7, 11) is 1.60. The second-order valence-corrected chi connectivity index (χ2v) is 9.11. The number of aliphatic hydroxyl groups is 1. The number of ether oxygens (including phenoxy) is 1. The summed E-state index contributed by atoms with van der Waals surface area (Å²) in [5.41, 5.74) is 2.18. The SMILES string of the molecule is CCN(CC)c1ccc([C@@H]2[C@H]3CCCC[C@@]3(O)CCN2C(=O)c2ccccc2OC)cc1. The molecule has 1 saturated heterocycles. The van der Waals surface area contributed by atoms with Crippen LogP contribution in [0.15, 0.2) is 48.5 Å². The Balaban J connectivity index is 1.73. The lowest BCUT2D eigenvalue weighted by molar-refractivity contribution is -0.115. The van der Waals surface area contributed by atoms with Crippen LogP contribution in [0.5, 0.6) is 5.75 Å². The third kappa shape index (κ3) is 4.11. The van der Waals surface area contributed by atoms with Crippen molar-refractivity contribution in [3.05, 3.63) is 59.7 Å². The van der Waals surface area contributed by atoms with Gasteiger partial charge in [-0.1, -0.05) is 37.1 Å². The van der Waals surface area contributed by atoms with Crippen LogP contribution >= 0.6 is 0 Å². The number of methoxy groups -OCH3 is 1. The van der Waals surface area contributed by atoms with Crippen LogP contribution in [0.25, 0.3) is 0 Å². The summed E-state index contributed by atoms with van der Waals surface area (Å²) in [4.78, 5) is 18.1. The van der Waals surface area contributed by atoms with E-state index in [9.17, 15) is 9.90 Å². The van der Waals surface area contributed by atoms with Crippen LogP contribution in [0, 0.1) is 5.92 Å². The molecule has 1 amide bonds. The molecule has 3 atom stereocenters. The molecule has 0 unspecified atom stereocenters. The fourth-order valence-electron chi connectivity index (χ4n) is 5.77. The molecular weight excluding hydrogens is 400 g/mol.